The molecule has 1 aromatic carbocycles. The van der Waals surface area contributed by atoms with Gasteiger partial charge in [0.05, 0.1) is 5.56 Å². The van der Waals surface area contributed by atoms with E-state index in [1.165, 1.54) is 24.4 Å². The van der Waals surface area contributed by atoms with Gasteiger partial charge in [0.25, 0.3) is 0 Å². The summed E-state index contributed by atoms with van der Waals surface area (Å²) in [6.07, 6.45) is -3.35. The lowest BCUT2D eigenvalue weighted by molar-refractivity contribution is -0.136. The Morgan fingerprint density at radius 2 is 1.67 bits per heavy atom. The predicted molar refractivity (Wildman–Crippen MR) is 59.0 cm³/mol. The van der Waals surface area contributed by atoms with Crippen molar-refractivity contribution in [3.63, 3.8) is 0 Å². The lowest BCUT2D eigenvalue weighted by atomic mass is 10.0. The monoisotopic (exact) mass is 256 g/mol. The lowest BCUT2D eigenvalue weighted by Crippen LogP contribution is -2.08. The summed E-state index contributed by atoms with van der Waals surface area (Å²) in [6.45, 7) is 0. The Labute approximate surface area is 100 Å². The Balaban J connectivity index is 2.50. The third-order valence-electron chi connectivity index (χ3n) is 2.42. The Morgan fingerprint density at radius 3 is 2.22 bits per heavy atom. The number of nitrogens with zero attached hydrogens (tertiary/aromatic N) is 1. The summed E-state index contributed by atoms with van der Waals surface area (Å²) in [7, 11) is 0. The van der Waals surface area contributed by atoms with Crippen LogP contribution < -0.4 is 5.73 Å². The van der Waals surface area contributed by atoms with Gasteiger partial charge in [-0.05, 0) is 29.8 Å². The number of nitrogen functional groups attached to an aromatic ring is 1. The van der Waals surface area contributed by atoms with Gasteiger partial charge in [-0.25, -0.2) is 4.98 Å². The van der Waals surface area contributed by atoms with Gasteiger partial charge in [0.15, 0.2) is 0 Å². The summed E-state index contributed by atoms with van der Waals surface area (Å²) in [6, 6.07) is 5.96. The van der Waals surface area contributed by atoms with Crippen LogP contribution in [0.3, 0.4) is 0 Å². The van der Waals surface area contributed by atoms with E-state index in [1.54, 1.807) is 0 Å². The molecule has 1 aromatic heterocycles. The summed E-state index contributed by atoms with van der Waals surface area (Å²) in [5.74, 6) is -0.690. The van der Waals surface area contributed by atoms with Gasteiger partial charge < -0.3 is 5.73 Å². The number of halogens is 4. The summed E-state index contributed by atoms with van der Waals surface area (Å²) in [5.41, 5.74) is 4.70. The van der Waals surface area contributed by atoms with E-state index in [1.807, 2.05) is 0 Å². The highest BCUT2D eigenvalue weighted by molar-refractivity contribution is 5.67. The number of rotatable bonds is 1. The molecule has 0 atom stereocenters. The smallest absolute Gasteiger partial charge is 0.398 e. The number of hydrogen-bond donors (Lipinski definition) is 1. The number of hydrogen-bond acceptors (Lipinski definition) is 2. The second kappa shape index (κ2) is 4.29. The molecule has 2 aromatic rings. The van der Waals surface area contributed by atoms with E-state index < -0.39 is 17.7 Å². The van der Waals surface area contributed by atoms with Gasteiger partial charge in [-0.1, -0.05) is 6.07 Å². The maximum atomic E-state index is 12.7. The third kappa shape index (κ3) is 2.42. The predicted octanol–water partition coefficient (Wildman–Crippen LogP) is 3.49. The minimum absolute atomic E-state index is 0.282. The molecule has 2 N–H and O–H groups in total. The van der Waals surface area contributed by atoms with Gasteiger partial charge in [-0.3, -0.25) is 0 Å². The SMILES string of the molecule is Nc1ccc(-c2ccc(F)nc2)cc1C(F)(F)F. The van der Waals surface area contributed by atoms with Gasteiger partial charge in [0, 0.05) is 17.4 Å². The molecule has 0 aliphatic rings. The molecule has 0 aliphatic heterocycles. The maximum absolute atomic E-state index is 12.7. The molecule has 2 nitrogen and oxygen atoms in total. The zero-order valence-electron chi connectivity index (χ0n) is 9.00. The van der Waals surface area contributed by atoms with Crippen molar-refractivity contribution in [2.45, 2.75) is 6.18 Å². The van der Waals surface area contributed by atoms with E-state index >= 15 is 0 Å². The fourth-order valence-electron chi connectivity index (χ4n) is 1.53. The fourth-order valence-corrected chi connectivity index (χ4v) is 1.53. The van der Waals surface area contributed by atoms with Crippen LogP contribution in [0.2, 0.25) is 0 Å². The minimum Gasteiger partial charge on any atom is -0.398 e. The molecule has 0 amide bonds. The molecule has 6 heteroatoms. The average Bonchev–Trinajstić information content (AvgIpc) is 2.29. The Kier molecular flexibility index (Phi) is 2.94. The van der Waals surface area contributed by atoms with Crippen molar-refractivity contribution in [3.05, 3.63) is 48.0 Å². The molecule has 0 unspecified atom stereocenters. The van der Waals surface area contributed by atoms with Gasteiger partial charge in [-0.2, -0.15) is 17.6 Å². The number of anilines is 1. The molecule has 2 rings (SSSR count). The van der Waals surface area contributed by atoms with Crippen LogP contribution in [0.25, 0.3) is 11.1 Å². The van der Waals surface area contributed by atoms with E-state index in [0.29, 0.717) is 5.56 Å². The van der Waals surface area contributed by atoms with Gasteiger partial charge in [0.1, 0.15) is 0 Å². The Hall–Kier alpha value is -2.11. The summed E-state index contributed by atoms with van der Waals surface area (Å²) in [5, 5.41) is 0. The molecule has 0 bridgehead atoms. The molecule has 1 heterocycles. The van der Waals surface area contributed by atoms with Crippen molar-refractivity contribution < 1.29 is 17.6 Å². The van der Waals surface area contributed by atoms with Crippen LogP contribution in [0, 0.1) is 5.95 Å². The highest BCUT2D eigenvalue weighted by Crippen LogP contribution is 2.36. The van der Waals surface area contributed by atoms with E-state index in [9.17, 15) is 17.6 Å². The number of alkyl halides is 3. The van der Waals surface area contributed by atoms with Crippen LogP contribution >= 0.6 is 0 Å². The highest BCUT2D eigenvalue weighted by Gasteiger charge is 2.33. The van der Waals surface area contributed by atoms with Crippen LogP contribution in [-0.2, 0) is 6.18 Å². The highest BCUT2D eigenvalue weighted by atomic mass is 19.4. The normalized spacial score (nSPS) is 11.6. The number of benzene rings is 1. The number of pyridine rings is 1. The Morgan fingerprint density at radius 1 is 1.00 bits per heavy atom. The van der Waals surface area contributed by atoms with Crippen LogP contribution in [0.1, 0.15) is 5.56 Å². The maximum Gasteiger partial charge on any atom is 0.418 e. The molecule has 0 spiro atoms. The van der Waals surface area contributed by atoms with Crippen molar-refractivity contribution in [1.82, 2.24) is 4.98 Å². The van der Waals surface area contributed by atoms with E-state index in [2.05, 4.69) is 4.98 Å². The first-order chi connectivity index (χ1) is 8.38. The van der Waals surface area contributed by atoms with Crippen LogP contribution in [0.4, 0.5) is 23.2 Å². The second-order valence-corrected chi connectivity index (χ2v) is 3.67. The first kappa shape index (κ1) is 12.3. The molecule has 0 fully saturated rings. The van der Waals surface area contributed by atoms with Gasteiger partial charge >= 0.3 is 6.18 Å². The van der Waals surface area contributed by atoms with E-state index in [-0.39, 0.29) is 11.3 Å². The molecule has 0 aliphatic carbocycles. The van der Waals surface area contributed by atoms with Crippen LogP contribution in [0.15, 0.2) is 36.5 Å². The molecule has 18 heavy (non-hydrogen) atoms. The van der Waals surface area contributed by atoms with Crippen molar-refractivity contribution in [2.24, 2.45) is 0 Å². The Bertz CT molecular complexity index is 561. The second-order valence-electron chi connectivity index (χ2n) is 3.67. The first-order valence-electron chi connectivity index (χ1n) is 4.96. The largest absolute Gasteiger partial charge is 0.418 e. The van der Waals surface area contributed by atoms with Gasteiger partial charge in [0.2, 0.25) is 5.95 Å². The quantitative estimate of drug-likeness (QED) is 0.482. The molecule has 0 saturated heterocycles. The summed E-state index contributed by atoms with van der Waals surface area (Å²) in [4.78, 5) is 3.39. The number of nitrogens with two attached hydrogens (primary N) is 1. The minimum atomic E-state index is -4.52. The van der Waals surface area contributed by atoms with Crippen molar-refractivity contribution in [2.75, 3.05) is 5.73 Å². The van der Waals surface area contributed by atoms with Crippen molar-refractivity contribution in [3.8, 4) is 11.1 Å². The van der Waals surface area contributed by atoms with E-state index in [4.69, 9.17) is 5.73 Å². The van der Waals surface area contributed by atoms with E-state index in [0.717, 1.165) is 12.1 Å². The fraction of sp³-hybridized carbons (Fsp3) is 0.0833. The first-order valence-corrected chi connectivity index (χ1v) is 4.96. The zero-order chi connectivity index (χ0) is 13.3. The summed E-state index contributed by atoms with van der Waals surface area (Å²) < 4.78 is 50.6. The molecule has 0 radical (unpaired) electrons. The van der Waals surface area contributed by atoms with Crippen molar-refractivity contribution in [1.29, 1.82) is 0 Å². The number of aromatic nitrogens is 1. The van der Waals surface area contributed by atoms with Gasteiger partial charge in [-0.15, -0.1) is 0 Å². The van der Waals surface area contributed by atoms with Crippen LogP contribution in [0.5, 0.6) is 0 Å². The standard InChI is InChI=1S/C12H8F4N2/c13-11-4-2-8(6-18-11)7-1-3-10(17)9(5-7)12(14,15)16/h1-6H,17H2. The third-order valence-corrected chi connectivity index (χ3v) is 2.42. The zero-order valence-corrected chi connectivity index (χ0v) is 9.00. The summed E-state index contributed by atoms with van der Waals surface area (Å²) >= 11 is 0. The molecular formula is C12H8F4N2. The molecular weight excluding hydrogens is 248 g/mol. The van der Waals surface area contributed by atoms with Crippen LogP contribution in [-0.4, -0.2) is 4.98 Å². The topological polar surface area (TPSA) is 38.9 Å². The lowest BCUT2D eigenvalue weighted by Gasteiger charge is -2.11. The average molecular weight is 256 g/mol. The van der Waals surface area contributed by atoms with Crippen molar-refractivity contribution >= 4 is 5.69 Å². The molecule has 94 valence electrons. The molecule has 0 saturated carbocycles.